The Morgan fingerprint density at radius 2 is 1.96 bits per heavy atom. The number of benzene rings is 1. The number of aryl methyl sites for hydroxylation is 1. The molecule has 4 heterocycles. The lowest BCUT2D eigenvalue weighted by molar-refractivity contribution is 0.0704. The molecule has 1 saturated heterocycles. The van der Waals surface area contributed by atoms with E-state index < -0.39 is 0 Å². The van der Waals surface area contributed by atoms with Crippen LogP contribution in [0.2, 0.25) is 0 Å². The SMILES string of the molecule is Cn1cc2c(n1)C(=O)N(CCN1CCC(c3noc4ccccc34)CC1)CC2. The molecular formula is C21H25N5O2. The fourth-order valence-corrected chi connectivity index (χ4v) is 4.51. The average molecular weight is 379 g/mol. The number of amides is 1. The van der Waals surface area contributed by atoms with Gasteiger partial charge in [-0.3, -0.25) is 9.48 Å². The van der Waals surface area contributed by atoms with E-state index in [-0.39, 0.29) is 5.91 Å². The van der Waals surface area contributed by atoms with Crippen LogP contribution in [-0.4, -0.2) is 63.4 Å². The van der Waals surface area contributed by atoms with Crippen molar-refractivity contribution in [3.05, 3.63) is 47.4 Å². The van der Waals surface area contributed by atoms with Gasteiger partial charge in [0, 0.05) is 49.7 Å². The van der Waals surface area contributed by atoms with Gasteiger partial charge in [-0.1, -0.05) is 17.3 Å². The van der Waals surface area contributed by atoms with E-state index in [1.165, 1.54) is 0 Å². The van der Waals surface area contributed by atoms with Gasteiger partial charge in [-0.15, -0.1) is 0 Å². The Kier molecular flexibility index (Phi) is 4.39. The molecule has 1 aromatic carbocycles. The normalized spacial score (nSPS) is 18.8. The second kappa shape index (κ2) is 7.05. The summed E-state index contributed by atoms with van der Waals surface area (Å²) in [6.07, 6.45) is 5.02. The minimum absolute atomic E-state index is 0.0748. The zero-order valence-corrected chi connectivity index (χ0v) is 16.2. The number of fused-ring (bicyclic) bond motifs is 2. The molecule has 0 spiro atoms. The van der Waals surface area contributed by atoms with Gasteiger partial charge in [0.1, 0.15) is 0 Å². The van der Waals surface area contributed by atoms with E-state index in [9.17, 15) is 4.79 Å². The molecule has 5 rings (SSSR count). The highest BCUT2D eigenvalue weighted by Gasteiger charge is 2.29. The van der Waals surface area contributed by atoms with Gasteiger partial charge < -0.3 is 14.3 Å². The molecule has 2 aliphatic rings. The van der Waals surface area contributed by atoms with Crippen LogP contribution in [0, 0.1) is 0 Å². The van der Waals surface area contributed by atoms with Crippen LogP contribution in [0.25, 0.3) is 11.0 Å². The Labute approximate surface area is 163 Å². The van der Waals surface area contributed by atoms with Crippen LogP contribution in [0.5, 0.6) is 0 Å². The number of aromatic nitrogens is 3. The zero-order valence-electron chi connectivity index (χ0n) is 16.2. The van der Waals surface area contributed by atoms with Crippen LogP contribution in [0.4, 0.5) is 0 Å². The minimum atomic E-state index is 0.0748. The number of carbonyl (C=O) groups is 1. The summed E-state index contributed by atoms with van der Waals surface area (Å²) in [6.45, 7) is 4.54. The highest BCUT2D eigenvalue weighted by Crippen LogP contribution is 2.32. The molecule has 2 aliphatic heterocycles. The highest BCUT2D eigenvalue weighted by molar-refractivity contribution is 5.94. The lowest BCUT2D eigenvalue weighted by Crippen LogP contribution is -2.44. The molecule has 0 saturated carbocycles. The number of rotatable bonds is 4. The van der Waals surface area contributed by atoms with Crippen molar-refractivity contribution < 1.29 is 9.32 Å². The Morgan fingerprint density at radius 1 is 1.14 bits per heavy atom. The van der Waals surface area contributed by atoms with Crippen molar-refractivity contribution in [1.29, 1.82) is 0 Å². The summed E-state index contributed by atoms with van der Waals surface area (Å²) in [5, 5.41) is 9.82. The standard InChI is InChI=1S/C21H25N5O2/c1-24-14-16-8-11-26(21(27)20(16)22-24)13-12-25-9-6-15(7-10-25)19-17-4-2-3-5-18(17)28-23-19/h2-5,14-15H,6-13H2,1H3. The lowest BCUT2D eigenvalue weighted by atomic mass is 9.91. The third-order valence-electron chi connectivity index (χ3n) is 6.11. The summed E-state index contributed by atoms with van der Waals surface area (Å²) in [5.74, 6) is 0.526. The molecule has 0 aliphatic carbocycles. The number of para-hydroxylation sites is 1. The van der Waals surface area contributed by atoms with E-state index in [1.807, 2.05) is 36.3 Å². The summed E-state index contributed by atoms with van der Waals surface area (Å²) in [7, 11) is 1.87. The zero-order chi connectivity index (χ0) is 19.1. The van der Waals surface area contributed by atoms with Gasteiger partial charge in [-0.05, 0) is 44.5 Å². The largest absolute Gasteiger partial charge is 0.356 e. The first-order valence-electron chi connectivity index (χ1n) is 10.1. The maximum absolute atomic E-state index is 12.6. The fraction of sp³-hybridized carbons (Fsp3) is 0.476. The maximum atomic E-state index is 12.6. The van der Waals surface area contributed by atoms with Crippen molar-refractivity contribution in [3.63, 3.8) is 0 Å². The van der Waals surface area contributed by atoms with Gasteiger partial charge in [0.15, 0.2) is 11.3 Å². The van der Waals surface area contributed by atoms with Crippen LogP contribution in [0.15, 0.2) is 35.0 Å². The molecule has 0 N–H and O–H groups in total. The van der Waals surface area contributed by atoms with E-state index in [0.29, 0.717) is 11.6 Å². The molecule has 28 heavy (non-hydrogen) atoms. The van der Waals surface area contributed by atoms with Gasteiger partial charge >= 0.3 is 0 Å². The average Bonchev–Trinajstić information content (AvgIpc) is 3.31. The molecule has 7 nitrogen and oxygen atoms in total. The number of hydrogen-bond donors (Lipinski definition) is 0. The summed E-state index contributed by atoms with van der Waals surface area (Å²) in [5.41, 5.74) is 3.68. The first kappa shape index (κ1) is 17.4. The number of hydrogen-bond acceptors (Lipinski definition) is 5. The summed E-state index contributed by atoms with van der Waals surface area (Å²) in [4.78, 5) is 17.1. The fourth-order valence-electron chi connectivity index (χ4n) is 4.51. The molecule has 1 fully saturated rings. The predicted octanol–water partition coefficient (Wildman–Crippen LogP) is 2.44. The Morgan fingerprint density at radius 3 is 2.82 bits per heavy atom. The monoisotopic (exact) mass is 379 g/mol. The van der Waals surface area contributed by atoms with Crippen LogP contribution in [0.3, 0.4) is 0 Å². The van der Waals surface area contributed by atoms with Gasteiger partial charge in [0.2, 0.25) is 0 Å². The molecule has 0 atom stereocenters. The van der Waals surface area contributed by atoms with Gasteiger partial charge in [0.25, 0.3) is 5.91 Å². The first-order chi connectivity index (χ1) is 13.7. The van der Waals surface area contributed by atoms with Crippen molar-refractivity contribution in [2.24, 2.45) is 7.05 Å². The molecule has 1 amide bonds. The summed E-state index contributed by atoms with van der Waals surface area (Å²) >= 11 is 0. The van der Waals surface area contributed by atoms with E-state index in [2.05, 4.69) is 21.2 Å². The molecule has 3 aromatic rings. The number of nitrogens with zero attached hydrogens (tertiary/aromatic N) is 5. The molecule has 0 bridgehead atoms. The maximum Gasteiger partial charge on any atom is 0.274 e. The highest BCUT2D eigenvalue weighted by atomic mass is 16.5. The molecular weight excluding hydrogens is 354 g/mol. The third-order valence-corrected chi connectivity index (χ3v) is 6.11. The first-order valence-corrected chi connectivity index (χ1v) is 10.1. The Balaban J connectivity index is 1.17. The number of likely N-dealkylation sites (tertiary alicyclic amines) is 1. The summed E-state index contributed by atoms with van der Waals surface area (Å²) in [6, 6.07) is 8.10. The van der Waals surface area contributed by atoms with Crippen molar-refractivity contribution in [3.8, 4) is 0 Å². The minimum Gasteiger partial charge on any atom is -0.356 e. The van der Waals surface area contributed by atoms with Crippen molar-refractivity contribution >= 4 is 16.9 Å². The number of piperidine rings is 1. The van der Waals surface area contributed by atoms with Crippen molar-refractivity contribution in [1.82, 2.24) is 24.7 Å². The Bertz CT molecular complexity index is 999. The smallest absolute Gasteiger partial charge is 0.274 e. The van der Waals surface area contributed by atoms with Crippen LogP contribution in [0.1, 0.15) is 40.5 Å². The summed E-state index contributed by atoms with van der Waals surface area (Å²) < 4.78 is 7.22. The lowest BCUT2D eigenvalue weighted by Gasteiger charge is -2.33. The molecule has 0 unspecified atom stereocenters. The second-order valence-electron chi connectivity index (χ2n) is 7.90. The molecule has 7 heteroatoms. The van der Waals surface area contributed by atoms with Crippen molar-refractivity contribution in [2.75, 3.05) is 32.7 Å². The predicted molar refractivity (Wildman–Crippen MR) is 105 cm³/mol. The third kappa shape index (κ3) is 3.09. The van der Waals surface area contributed by atoms with E-state index in [0.717, 1.165) is 74.2 Å². The van der Waals surface area contributed by atoms with Crippen LogP contribution < -0.4 is 0 Å². The van der Waals surface area contributed by atoms with Crippen molar-refractivity contribution in [2.45, 2.75) is 25.2 Å². The molecule has 146 valence electrons. The Hall–Kier alpha value is -2.67. The van der Waals surface area contributed by atoms with Crippen LogP contribution in [-0.2, 0) is 13.5 Å². The molecule has 2 aromatic heterocycles. The van der Waals surface area contributed by atoms with E-state index in [1.54, 1.807) is 4.68 Å². The van der Waals surface area contributed by atoms with Gasteiger partial charge in [-0.2, -0.15) is 5.10 Å². The molecule has 0 radical (unpaired) electrons. The van der Waals surface area contributed by atoms with Gasteiger partial charge in [-0.25, -0.2) is 0 Å². The van der Waals surface area contributed by atoms with E-state index in [4.69, 9.17) is 4.52 Å². The van der Waals surface area contributed by atoms with Crippen LogP contribution >= 0.6 is 0 Å². The quantitative estimate of drug-likeness (QED) is 0.697. The van der Waals surface area contributed by atoms with E-state index >= 15 is 0 Å². The van der Waals surface area contributed by atoms with Gasteiger partial charge in [0.05, 0.1) is 5.69 Å². The second-order valence-corrected chi connectivity index (χ2v) is 7.90. The number of carbonyl (C=O) groups excluding carboxylic acids is 1. The topological polar surface area (TPSA) is 67.4 Å².